The second-order valence-electron chi connectivity index (χ2n) is 9.36. The summed E-state index contributed by atoms with van der Waals surface area (Å²) in [7, 11) is 0. The number of aliphatic hydroxyl groups is 1. The summed E-state index contributed by atoms with van der Waals surface area (Å²) >= 11 is 3.67. The van der Waals surface area contributed by atoms with Gasteiger partial charge in [0, 0.05) is 12.1 Å². The summed E-state index contributed by atoms with van der Waals surface area (Å²) in [6, 6.07) is 16.6. The maximum Gasteiger partial charge on any atom is 0.134 e. The molecular formula is C24H28BrNO2. The Balaban J connectivity index is 1.22. The summed E-state index contributed by atoms with van der Waals surface area (Å²) in [4.78, 5) is 0. The van der Waals surface area contributed by atoms with Crippen LogP contribution < -0.4 is 10.1 Å². The Kier molecular flexibility index (Phi) is 4.77. The van der Waals surface area contributed by atoms with Crippen molar-refractivity contribution in [2.45, 2.75) is 62.8 Å². The van der Waals surface area contributed by atoms with Crippen molar-refractivity contribution in [3.8, 4) is 5.75 Å². The lowest BCUT2D eigenvalue weighted by Crippen LogP contribution is -2.64. The Morgan fingerprint density at radius 3 is 2.43 bits per heavy atom. The van der Waals surface area contributed by atoms with E-state index in [0.29, 0.717) is 18.4 Å². The minimum Gasteiger partial charge on any atom is -0.488 e. The van der Waals surface area contributed by atoms with Crippen molar-refractivity contribution in [2.24, 2.45) is 11.8 Å². The number of ether oxygens (including phenoxy) is 1. The highest BCUT2D eigenvalue weighted by Gasteiger charge is 2.56. The van der Waals surface area contributed by atoms with E-state index >= 15 is 0 Å². The highest BCUT2D eigenvalue weighted by molar-refractivity contribution is 9.10. The van der Waals surface area contributed by atoms with Crippen LogP contribution in [0.25, 0.3) is 0 Å². The molecule has 0 heterocycles. The van der Waals surface area contributed by atoms with Gasteiger partial charge < -0.3 is 15.2 Å². The monoisotopic (exact) mass is 441 g/mol. The van der Waals surface area contributed by atoms with Gasteiger partial charge in [0.2, 0.25) is 0 Å². The molecule has 0 aromatic heterocycles. The summed E-state index contributed by atoms with van der Waals surface area (Å²) in [5.41, 5.74) is 2.14. The topological polar surface area (TPSA) is 41.5 Å². The molecule has 4 aliphatic rings. The van der Waals surface area contributed by atoms with E-state index in [0.717, 1.165) is 36.0 Å². The SMILES string of the molecule is OC12CC3CC(C1)CC(NCc1ccc(OCc4ccccc4)c(Br)c1)(C3)C2. The molecule has 4 saturated carbocycles. The van der Waals surface area contributed by atoms with Crippen molar-refractivity contribution in [1.29, 1.82) is 0 Å². The van der Waals surface area contributed by atoms with E-state index in [1.54, 1.807) is 0 Å². The first-order valence-corrected chi connectivity index (χ1v) is 11.2. The van der Waals surface area contributed by atoms with Gasteiger partial charge in [-0.25, -0.2) is 0 Å². The zero-order chi connectivity index (χ0) is 19.2. The van der Waals surface area contributed by atoms with E-state index in [9.17, 15) is 5.11 Å². The van der Waals surface area contributed by atoms with Crippen LogP contribution in [0.1, 0.15) is 49.7 Å². The van der Waals surface area contributed by atoms with Crippen molar-refractivity contribution in [1.82, 2.24) is 5.32 Å². The van der Waals surface area contributed by atoms with Crippen molar-refractivity contribution >= 4 is 15.9 Å². The van der Waals surface area contributed by atoms with E-state index in [1.807, 2.05) is 18.2 Å². The molecule has 4 bridgehead atoms. The first-order valence-electron chi connectivity index (χ1n) is 10.4. The van der Waals surface area contributed by atoms with Crippen molar-refractivity contribution in [3.63, 3.8) is 0 Å². The standard InChI is InChI=1S/C24H28BrNO2/c25-21-9-18(6-7-22(21)28-15-17-4-2-1-3-5-17)14-26-23-10-19-8-20(11-23)13-24(27,12-19)16-23/h1-7,9,19-20,26-27H,8,10-16H2. The highest BCUT2D eigenvalue weighted by Crippen LogP contribution is 2.57. The van der Waals surface area contributed by atoms with Gasteiger partial charge in [-0.3, -0.25) is 0 Å². The summed E-state index contributed by atoms with van der Waals surface area (Å²) in [5, 5.41) is 14.8. The maximum absolute atomic E-state index is 10.9. The normalized spacial score (nSPS) is 33.2. The third-order valence-electron chi connectivity index (χ3n) is 6.93. The van der Waals surface area contributed by atoms with Crippen molar-refractivity contribution in [3.05, 3.63) is 64.1 Å². The smallest absolute Gasteiger partial charge is 0.134 e. The van der Waals surface area contributed by atoms with E-state index in [-0.39, 0.29) is 5.54 Å². The molecule has 3 nitrogen and oxygen atoms in total. The van der Waals surface area contributed by atoms with Gasteiger partial charge in [0.1, 0.15) is 12.4 Å². The Morgan fingerprint density at radius 1 is 1.00 bits per heavy atom. The molecule has 28 heavy (non-hydrogen) atoms. The predicted molar refractivity (Wildman–Crippen MR) is 114 cm³/mol. The number of benzene rings is 2. The van der Waals surface area contributed by atoms with Gasteiger partial charge in [0.05, 0.1) is 10.1 Å². The van der Waals surface area contributed by atoms with E-state index in [4.69, 9.17) is 4.74 Å². The van der Waals surface area contributed by atoms with Crippen LogP contribution in [0.2, 0.25) is 0 Å². The zero-order valence-electron chi connectivity index (χ0n) is 16.2. The number of nitrogens with one attached hydrogen (secondary N) is 1. The molecule has 0 amide bonds. The third kappa shape index (κ3) is 3.74. The molecule has 0 aliphatic heterocycles. The van der Waals surface area contributed by atoms with E-state index < -0.39 is 5.60 Å². The highest BCUT2D eigenvalue weighted by atomic mass is 79.9. The fourth-order valence-electron chi connectivity index (χ4n) is 6.22. The summed E-state index contributed by atoms with van der Waals surface area (Å²) in [5.74, 6) is 2.29. The van der Waals surface area contributed by atoms with Crippen LogP contribution in [0.4, 0.5) is 0 Å². The molecule has 6 rings (SSSR count). The van der Waals surface area contributed by atoms with Crippen LogP contribution in [0.5, 0.6) is 5.75 Å². The fourth-order valence-corrected chi connectivity index (χ4v) is 6.76. The molecule has 4 heteroatoms. The lowest BCUT2D eigenvalue weighted by molar-refractivity contribution is -0.142. The second-order valence-corrected chi connectivity index (χ2v) is 10.2. The second kappa shape index (κ2) is 7.16. The van der Waals surface area contributed by atoms with Crippen LogP contribution in [0.15, 0.2) is 53.0 Å². The molecule has 4 aliphatic carbocycles. The Hall–Kier alpha value is -1.36. The van der Waals surface area contributed by atoms with Gasteiger partial charge in [-0.1, -0.05) is 36.4 Å². The zero-order valence-corrected chi connectivity index (χ0v) is 17.7. The molecule has 2 atom stereocenters. The molecular weight excluding hydrogens is 414 g/mol. The Morgan fingerprint density at radius 2 is 1.75 bits per heavy atom. The lowest BCUT2D eigenvalue weighted by Gasteiger charge is -2.60. The molecule has 2 aromatic rings. The minimum atomic E-state index is -0.410. The van der Waals surface area contributed by atoms with Gasteiger partial charge in [-0.2, -0.15) is 0 Å². The maximum atomic E-state index is 10.9. The largest absolute Gasteiger partial charge is 0.488 e. The molecule has 2 aromatic carbocycles. The van der Waals surface area contributed by atoms with E-state index in [2.05, 4.69) is 51.6 Å². The first-order chi connectivity index (χ1) is 13.5. The summed E-state index contributed by atoms with van der Waals surface area (Å²) in [6.45, 7) is 1.41. The predicted octanol–water partition coefficient (Wildman–Crippen LogP) is 5.20. The summed E-state index contributed by atoms with van der Waals surface area (Å²) in [6.07, 6.45) is 6.74. The van der Waals surface area contributed by atoms with Crippen molar-refractivity contribution < 1.29 is 9.84 Å². The molecule has 0 radical (unpaired) electrons. The molecule has 2 N–H and O–H groups in total. The Bertz CT molecular complexity index is 839. The van der Waals surface area contributed by atoms with Crippen LogP contribution in [-0.4, -0.2) is 16.2 Å². The molecule has 2 unspecified atom stereocenters. The third-order valence-corrected chi connectivity index (χ3v) is 7.55. The van der Waals surface area contributed by atoms with Crippen LogP contribution >= 0.6 is 15.9 Å². The average Bonchev–Trinajstić information content (AvgIpc) is 2.65. The van der Waals surface area contributed by atoms with Gasteiger partial charge >= 0.3 is 0 Å². The Labute approximate surface area is 175 Å². The minimum absolute atomic E-state index is 0.133. The summed E-state index contributed by atoms with van der Waals surface area (Å²) < 4.78 is 6.96. The van der Waals surface area contributed by atoms with Gasteiger partial charge in [0.15, 0.2) is 0 Å². The first kappa shape index (κ1) is 18.7. The quantitative estimate of drug-likeness (QED) is 0.646. The molecule has 0 saturated heterocycles. The number of halogens is 1. The van der Waals surface area contributed by atoms with E-state index in [1.165, 1.54) is 30.4 Å². The van der Waals surface area contributed by atoms with Crippen molar-refractivity contribution in [2.75, 3.05) is 0 Å². The van der Waals surface area contributed by atoms with Crippen LogP contribution in [0, 0.1) is 11.8 Å². The molecule has 4 fully saturated rings. The van der Waals surface area contributed by atoms with Crippen LogP contribution in [0.3, 0.4) is 0 Å². The average molecular weight is 442 g/mol. The lowest BCUT2D eigenvalue weighted by atomic mass is 9.51. The molecule has 0 spiro atoms. The van der Waals surface area contributed by atoms with Gasteiger partial charge in [0.25, 0.3) is 0 Å². The number of hydrogen-bond donors (Lipinski definition) is 2. The number of rotatable bonds is 6. The van der Waals surface area contributed by atoms with Gasteiger partial charge in [-0.15, -0.1) is 0 Å². The molecule has 148 valence electrons. The van der Waals surface area contributed by atoms with Gasteiger partial charge in [-0.05, 0) is 89.6 Å². The fraction of sp³-hybridized carbons (Fsp3) is 0.500. The van der Waals surface area contributed by atoms with Crippen LogP contribution in [-0.2, 0) is 13.2 Å². The number of hydrogen-bond acceptors (Lipinski definition) is 3.